The summed E-state index contributed by atoms with van der Waals surface area (Å²) in [6, 6.07) is 4.00. The second kappa shape index (κ2) is 4.30. The number of phenolic OH excluding ortho intramolecular Hbond substituents is 1. The first-order valence-corrected chi connectivity index (χ1v) is 4.38. The van der Waals surface area contributed by atoms with Crippen molar-refractivity contribution in [2.75, 3.05) is 0 Å². The number of aliphatic hydroxyl groups excluding tert-OH is 1. The predicted octanol–water partition coefficient (Wildman–Crippen LogP) is 1.25. The van der Waals surface area contributed by atoms with Gasteiger partial charge in [0.2, 0.25) is 0 Å². The van der Waals surface area contributed by atoms with Gasteiger partial charge in [-0.2, -0.15) is 0 Å². The first-order chi connectivity index (χ1) is 6.56. The smallest absolute Gasteiger partial charge is 0.337 e. The zero-order valence-corrected chi connectivity index (χ0v) is 7.90. The molecule has 0 saturated carbocycles. The molecule has 0 aromatic heterocycles. The van der Waals surface area contributed by atoms with Crippen molar-refractivity contribution in [2.24, 2.45) is 0 Å². The van der Waals surface area contributed by atoms with Crippen LogP contribution in [0.15, 0.2) is 18.2 Å². The molecule has 0 heterocycles. The van der Waals surface area contributed by atoms with Gasteiger partial charge in [0.15, 0.2) is 6.10 Å². The third-order valence-corrected chi connectivity index (χ3v) is 2.09. The highest BCUT2D eigenvalue weighted by atomic mass is 35.5. The lowest BCUT2D eigenvalue weighted by Crippen LogP contribution is -2.10. The fraction of sp³-hybridized carbons (Fsp3) is 0.222. The Labute approximate surface area is 85.4 Å². The molecule has 0 aliphatic carbocycles. The third-order valence-electron chi connectivity index (χ3n) is 1.80. The minimum Gasteiger partial charge on any atom is -0.508 e. The van der Waals surface area contributed by atoms with Crippen molar-refractivity contribution in [1.82, 2.24) is 0 Å². The van der Waals surface area contributed by atoms with Crippen molar-refractivity contribution in [3.63, 3.8) is 0 Å². The second-order valence-electron chi connectivity index (χ2n) is 2.76. The Morgan fingerprint density at radius 1 is 1.50 bits per heavy atom. The molecule has 0 radical (unpaired) electrons. The van der Waals surface area contributed by atoms with Crippen LogP contribution in [-0.4, -0.2) is 21.3 Å². The summed E-state index contributed by atoms with van der Waals surface area (Å²) in [6.45, 7) is 0. The molecule has 1 atom stereocenters. The van der Waals surface area contributed by atoms with Gasteiger partial charge >= 0.3 is 5.97 Å². The zero-order chi connectivity index (χ0) is 10.7. The van der Waals surface area contributed by atoms with Gasteiger partial charge in [0.05, 0.1) is 5.88 Å². The van der Waals surface area contributed by atoms with Gasteiger partial charge in [-0.3, -0.25) is 0 Å². The summed E-state index contributed by atoms with van der Waals surface area (Å²) in [6.07, 6.45) is -1.59. The highest BCUT2D eigenvalue weighted by Crippen LogP contribution is 2.23. The van der Waals surface area contributed by atoms with Crippen LogP contribution in [0.25, 0.3) is 0 Å². The van der Waals surface area contributed by atoms with Crippen LogP contribution in [0.2, 0.25) is 0 Å². The molecule has 1 aromatic rings. The van der Waals surface area contributed by atoms with E-state index in [4.69, 9.17) is 16.7 Å². The topological polar surface area (TPSA) is 77.8 Å². The van der Waals surface area contributed by atoms with Crippen LogP contribution < -0.4 is 0 Å². The van der Waals surface area contributed by atoms with E-state index < -0.39 is 12.1 Å². The van der Waals surface area contributed by atoms with Crippen molar-refractivity contribution in [3.05, 3.63) is 29.3 Å². The molecule has 5 heteroatoms. The molecule has 76 valence electrons. The minimum atomic E-state index is -1.59. The number of hydrogen-bond donors (Lipinski definition) is 3. The third kappa shape index (κ3) is 2.16. The van der Waals surface area contributed by atoms with Crippen LogP contribution in [0.1, 0.15) is 17.2 Å². The van der Waals surface area contributed by atoms with Crippen LogP contribution in [0.4, 0.5) is 0 Å². The molecule has 3 N–H and O–H groups in total. The molecule has 1 aromatic carbocycles. The Bertz CT molecular complexity index is 351. The number of benzene rings is 1. The zero-order valence-electron chi connectivity index (χ0n) is 7.14. The summed E-state index contributed by atoms with van der Waals surface area (Å²) in [7, 11) is 0. The molecule has 1 rings (SSSR count). The van der Waals surface area contributed by atoms with Crippen molar-refractivity contribution >= 4 is 17.6 Å². The average Bonchev–Trinajstić information content (AvgIpc) is 2.17. The Kier molecular flexibility index (Phi) is 3.33. The van der Waals surface area contributed by atoms with Gasteiger partial charge in [0.1, 0.15) is 5.75 Å². The highest BCUT2D eigenvalue weighted by molar-refractivity contribution is 6.17. The Morgan fingerprint density at radius 3 is 2.64 bits per heavy atom. The predicted molar refractivity (Wildman–Crippen MR) is 50.3 cm³/mol. The quantitative estimate of drug-likeness (QED) is 0.665. The lowest BCUT2D eigenvalue weighted by atomic mass is 10.1. The van der Waals surface area contributed by atoms with E-state index in [1.165, 1.54) is 18.2 Å². The van der Waals surface area contributed by atoms with Gasteiger partial charge in [-0.15, -0.1) is 11.6 Å². The molecule has 14 heavy (non-hydrogen) atoms. The van der Waals surface area contributed by atoms with Crippen LogP contribution in [0.3, 0.4) is 0 Å². The van der Waals surface area contributed by atoms with Gasteiger partial charge in [-0.25, -0.2) is 4.79 Å². The van der Waals surface area contributed by atoms with Crippen LogP contribution >= 0.6 is 11.6 Å². The summed E-state index contributed by atoms with van der Waals surface area (Å²) in [5, 5.41) is 26.9. The van der Waals surface area contributed by atoms with Crippen molar-refractivity contribution in [3.8, 4) is 5.75 Å². The Hall–Kier alpha value is -1.26. The van der Waals surface area contributed by atoms with E-state index in [-0.39, 0.29) is 17.2 Å². The summed E-state index contributed by atoms with van der Waals surface area (Å²) >= 11 is 5.50. The fourth-order valence-corrected chi connectivity index (χ4v) is 1.24. The number of carbonyl (C=O) groups is 1. The second-order valence-corrected chi connectivity index (χ2v) is 3.03. The molecule has 4 nitrogen and oxygen atoms in total. The van der Waals surface area contributed by atoms with Gasteiger partial charge in [-0.05, 0) is 17.7 Å². The maximum absolute atomic E-state index is 10.4. The molecular weight excluding hydrogens is 208 g/mol. The molecule has 0 aliphatic rings. The first kappa shape index (κ1) is 10.8. The average molecular weight is 217 g/mol. The Morgan fingerprint density at radius 2 is 2.14 bits per heavy atom. The van der Waals surface area contributed by atoms with Crippen molar-refractivity contribution in [1.29, 1.82) is 0 Å². The summed E-state index contributed by atoms with van der Waals surface area (Å²) < 4.78 is 0. The monoisotopic (exact) mass is 216 g/mol. The molecule has 0 fully saturated rings. The number of hydrogen-bond acceptors (Lipinski definition) is 3. The number of carboxylic acid groups (broad SMARTS) is 1. The molecule has 0 bridgehead atoms. The number of rotatable bonds is 3. The summed E-state index contributed by atoms with van der Waals surface area (Å²) in [4.78, 5) is 10.4. The first-order valence-electron chi connectivity index (χ1n) is 3.85. The molecule has 0 amide bonds. The van der Waals surface area contributed by atoms with Crippen LogP contribution in [0, 0.1) is 0 Å². The van der Waals surface area contributed by atoms with E-state index in [1.54, 1.807) is 0 Å². The largest absolute Gasteiger partial charge is 0.508 e. The number of carboxylic acids is 1. The van der Waals surface area contributed by atoms with Gasteiger partial charge < -0.3 is 15.3 Å². The van der Waals surface area contributed by atoms with E-state index in [9.17, 15) is 15.0 Å². The number of phenols is 1. The van der Waals surface area contributed by atoms with Crippen molar-refractivity contribution in [2.45, 2.75) is 12.0 Å². The number of aromatic hydroxyl groups is 1. The maximum atomic E-state index is 10.4. The standard InChI is InChI=1S/C9H9ClO4/c10-4-6-3-5(1-2-7(6)11)8(12)9(13)14/h1-3,8,11-12H,4H2,(H,13,14). The normalized spacial score (nSPS) is 12.4. The molecule has 0 saturated heterocycles. The minimum absolute atomic E-state index is 0.0126. The van der Waals surface area contributed by atoms with E-state index >= 15 is 0 Å². The SMILES string of the molecule is O=C(O)C(O)c1ccc(O)c(CCl)c1. The van der Waals surface area contributed by atoms with Gasteiger partial charge in [-0.1, -0.05) is 6.07 Å². The Balaban J connectivity index is 3.06. The van der Waals surface area contributed by atoms with E-state index in [0.29, 0.717) is 5.56 Å². The summed E-state index contributed by atoms with van der Waals surface area (Å²) in [5.41, 5.74) is 0.593. The fourth-order valence-electron chi connectivity index (χ4n) is 1.03. The number of alkyl halides is 1. The molecule has 1 unspecified atom stereocenters. The van der Waals surface area contributed by atoms with Crippen LogP contribution in [0.5, 0.6) is 5.75 Å². The van der Waals surface area contributed by atoms with E-state index in [0.717, 1.165) is 0 Å². The van der Waals surface area contributed by atoms with Gasteiger partial charge in [0, 0.05) is 5.56 Å². The molecule has 0 aliphatic heterocycles. The maximum Gasteiger partial charge on any atom is 0.337 e. The van der Waals surface area contributed by atoms with E-state index in [2.05, 4.69) is 0 Å². The van der Waals surface area contributed by atoms with Gasteiger partial charge in [0.25, 0.3) is 0 Å². The lowest BCUT2D eigenvalue weighted by molar-refractivity contribution is -0.146. The lowest BCUT2D eigenvalue weighted by Gasteiger charge is -2.08. The van der Waals surface area contributed by atoms with E-state index in [1.807, 2.05) is 0 Å². The highest BCUT2D eigenvalue weighted by Gasteiger charge is 2.16. The summed E-state index contributed by atoms with van der Waals surface area (Å²) in [5.74, 6) is -1.29. The number of aliphatic hydroxyl groups is 1. The number of aliphatic carboxylic acids is 1. The number of halogens is 1. The van der Waals surface area contributed by atoms with Crippen molar-refractivity contribution < 1.29 is 20.1 Å². The molecular formula is C9H9ClO4. The molecule has 0 spiro atoms. The van der Waals surface area contributed by atoms with Crippen LogP contribution in [-0.2, 0) is 10.7 Å².